The Morgan fingerprint density at radius 1 is 0.524 bits per heavy atom. The van der Waals surface area contributed by atoms with Gasteiger partial charge in [-0.1, -0.05) is 0 Å². The van der Waals surface area contributed by atoms with Crippen LogP contribution in [0.4, 0.5) is 0 Å². The summed E-state index contributed by atoms with van der Waals surface area (Å²) in [6.07, 6.45) is 2.28. The van der Waals surface area contributed by atoms with Crippen molar-refractivity contribution in [3.05, 3.63) is 101 Å². The summed E-state index contributed by atoms with van der Waals surface area (Å²) in [4.78, 5) is 2.47. The number of hydrogen-bond acceptors (Lipinski definition) is 0. The van der Waals surface area contributed by atoms with Crippen molar-refractivity contribution in [3.63, 3.8) is 0 Å². The van der Waals surface area contributed by atoms with E-state index in [1.54, 1.807) is 0 Å². The Morgan fingerprint density at radius 2 is 0.952 bits per heavy atom. The van der Waals surface area contributed by atoms with Crippen LogP contribution in [0.1, 0.15) is 5.56 Å². The van der Waals surface area contributed by atoms with Gasteiger partial charge in [0.25, 0.3) is 0 Å². The molecular formula is C20H18Ge. The monoisotopic (exact) mass is 332 g/mol. The summed E-state index contributed by atoms with van der Waals surface area (Å²) < 4.78 is 3.01. The van der Waals surface area contributed by atoms with E-state index in [-0.39, 0.29) is 0 Å². The van der Waals surface area contributed by atoms with E-state index in [9.17, 15) is 0 Å². The summed E-state index contributed by atoms with van der Waals surface area (Å²) in [6, 6.07) is 32.4. The molecule has 3 aromatic carbocycles. The SMILES string of the molecule is C(=[CH][GeH]([c]1ccccc1)[c]1ccccc1)c1ccccc1. The van der Waals surface area contributed by atoms with Crippen molar-refractivity contribution in [2.45, 2.75) is 0 Å². The van der Waals surface area contributed by atoms with Crippen LogP contribution >= 0.6 is 0 Å². The van der Waals surface area contributed by atoms with Gasteiger partial charge in [-0.05, 0) is 0 Å². The van der Waals surface area contributed by atoms with Crippen molar-refractivity contribution in [3.8, 4) is 0 Å². The molecule has 0 unspecified atom stereocenters. The first-order valence-electron chi connectivity index (χ1n) is 7.26. The molecule has 0 nitrogen and oxygen atoms in total. The first kappa shape index (κ1) is 13.9. The normalized spacial score (nSPS) is 11.1. The Hall–Kier alpha value is -2.06. The molecule has 0 atom stereocenters. The molecule has 0 N–H and O–H groups in total. The summed E-state index contributed by atoms with van der Waals surface area (Å²) in [7, 11) is 0. The van der Waals surface area contributed by atoms with Crippen LogP contribution < -0.4 is 8.79 Å². The van der Waals surface area contributed by atoms with E-state index in [1.807, 2.05) is 0 Å². The molecule has 0 spiro atoms. The van der Waals surface area contributed by atoms with Crippen molar-refractivity contribution in [1.29, 1.82) is 0 Å². The molecule has 0 saturated heterocycles. The molecule has 0 aromatic heterocycles. The quantitative estimate of drug-likeness (QED) is 0.644. The molecule has 3 rings (SSSR count). The van der Waals surface area contributed by atoms with Crippen LogP contribution in [0.2, 0.25) is 0 Å². The van der Waals surface area contributed by atoms with Gasteiger partial charge in [0.05, 0.1) is 0 Å². The van der Waals surface area contributed by atoms with Crippen molar-refractivity contribution in [2.75, 3.05) is 0 Å². The summed E-state index contributed by atoms with van der Waals surface area (Å²) in [5, 5.41) is 0. The van der Waals surface area contributed by atoms with E-state index in [1.165, 1.54) is 14.4 Å². The molecule has 0 heterocycles. The van der Waals surface area contributed by atoms with Gasteiger partial charge < -0.3 is 0 Å². The fourth-order valence-corrected chi connectivity index (χ4v) is 7.79. The number of hydrogen-bond donors (Lipinski definition) is 0. The Morgan fingerprint density at radius 3 is 1.43 bits per heavy atom. The predicted molar refractivity (Wildman–Crippen MR) is 94.8 cm³/mol. The summed E-state index contributed by atoms with van der Waals surface area (Å²) in [5.41, 5.74) is 1.28. The third-order valence-corrected chi connectivity index (χ3v) is 9.44. The molecule has 0 aliphatic heterocycles. The van der Waals surface area contributed by atoms with E-state index >= 15 is 0 Å². The van der Waals surface area contributed by atoms with Gasteiger partial charge >= 0.3 is 131 Å². The molecule has 0 fully saturated rings. The second-order valence-corrected chi connectivity index (χ2v) is 10.7. The van der Waals surface area contributed by atoms with Crippen LogP contribution in [0.3, 0.4) is 0 Å². The maximum absolute atomic E-state index is 2.47. The summed E-state index contributed by atoms with van der Waals surface area (Å²) >= 11 is -1.86. The zero-order valence-electron chi connectivity index (χ0n) is 11.9. The Balaban J connectivity index is 1.96. The molecule has 0 amide bonds. The Kier molecular flexibility index (Phi) is 4.70. The average Bonchev–Trinajstić information content (AvgIpc) is 2.58. The minimum absolute atomic E-state index is 1.28. The molecule has 3 aromatic rings. The van der Waals surface area contributed by atoms with Gasteiger partial charge in [0.1, 0.15) is 0 Å². The molecule has 0 bridgehead atoms. The first-order valence-corrected chi connectivity index (χ1v) is 11.1. The van der Waals surface area contributed by atoms with Gasteiger partial charge in [0.15, 0.2) is 0 Å². The van der Waals surface area contributed by atoms with Gasteiger partial charge in [0.2, 0.25) is 0 Å². The zero-order valence-corrected chi connectivity index (χ0v) is 14.3. The summed E-state index contributed by atoms with van der Waals surface area (Å²) in [5.74, 6) is 0. The van der Waals surface area contributed by atoms with Crippen molar-refractivity contribution in [2.24, 2.45) is 0 Å². The van der Waals surface area contributed by atoms with Crippen LogP contribution in [0.25, 0.3) is 6.08 Å². The third-order valence-electron chi connectivity index (χ3n) is 3.60. The third kappa shape index (κ3) is 3.74. The Bertz CT molecular complexity index is 648. The van der Waals surface area contributed by atoms with Gasteiger partial charge in [-0.2, -0.15) is 0 Å². The van der Waals surface area contributed by atoms with E-state index in [4.69, 9.17) is 0 Å². The molecule has 0 aliphatic carbocycles. The molecule has 1 heteroatoms. The fraction of sp³-hybridized carbons (Fsp3) is 0. The molecule has 0 saturated carbocycles. The van der Waals surface area contributed by atoms with Crippen molar-refractivity contribution >= 4 is 29.2 Å². The van der Waals surface area contributed by atoms with E-state index in [0.29, 0.717) is 0 Å². The molecular weight excluding hydrogens is 313 g/mol. The summed E-state index contributed by atoms with van der Waals surface area (Å²) in [6.45, 7) is 0. The van der Waals surface area contributed by atoms with Crippen LogP contribution in [0.15, 0.2) is 95.9 Å². The van der Waals surface area contributed by atoms with Gasteiger partial charge in [-0.25, -0.2) is 0 Å². The van der Waals surface area contributed by atoms with E-state index < -0.39 is 14.3 Å². The zero-order chi connectivity index (χ0) is 14.3. The second-order valence-electron chi connectivity index (χ2n) is 5.07. The maximum atomic E-state index is 2.47. The van der Waals surface area contributed by atoms with Crippen LogP contribution in [0, 0.1) is 0 Å². The van der Waals surface area contributed by atoms with Crippen LogP contribution in [-0.2, 0) is 0 Å². The van der Waals surface area contributed by atoms with Crippen LogP contribution in [-0.4, -0.2) is 14.3 Å². The first-order chi connectivity index (χ1) is 10.4. The van der Waals surface area contributed by atoms with E-state index in [0.717, 1.165) is 0 Å². The number of rotatable bonds is 4. The van der Waals surface area contributed by atoms with Crippen LogP contribution in [0.5, 0.6) is 0 Å². The molecule has 102 valence electrons. The average molecular weight is 331 g/mol. The van der Waals surface area contributed by atoms with Gasteiger partial charge in [0, 0.05) is 0 Å². The fourth-order valence-electron chi connectivity index (χ4n) is 2.51. The predicted octanol–water partition coefficient (Wildman–Crippen LogP) is 3.28. The topological polar surface area (TPSA) is 0 Å². The van der Waals surface area contributed by atoms with E-state index in [2.05, 4.69) is 102 Å². The second kappa shape index (κ2) is 7.10. The standard InChI is InChI=1S/C20H18Ge/c1-4-10-18(11-5-1)16-17-21(19-12-6-2-7-13-19)20-14-8-3-9-15-20/h1-17,21H. The minimum atomic E-state index is -1.86. The molecule has 0 aliphatic rings. The molecule has 21 heavy (non-hydrogen) atoms. The number of benzene rings is 3. The van der Waals surface area contributed by atoms with Crippen molar-refractivity contribution < 1.29 is 0 Å². The van der Waals surface area contributed by atoms with Gasteiger partial charge in [-0.15, -0.1) is 0 Å². The van der Waals surface area contributed by atoms with Crippen molar-refractivity contribution in [1.82, 2.24) is 0 Å². The molecule has 0 radical (unpaired) electrons. The Labute approximate surface area is 130 Å². The van der Waals surface area contributed by atoms with Gasteiger partial charge in [-0.3, -0.25) is 0 Å².